The monoisotopic (exact) mass is 548 g/mol. The van der Waals surface area contributed by atoms with E-state index in [2.05, 4.69) is 0 Å². The number of benzene rings is 1. The van der Waals surface area contributed by atoms with E-state index < -0.39 is 79.1 Å². The molecular formula is C26H28O13. The molecule has 6 N–H and O–H groups in total. The van der Waals surface area contributed by atoms with Crippen molar-refractivity contribution in [1.29, 1.82) is 0 Å². The van der Waals surface area contributed by atoms with E-state index in [9.17, 15) is 40.2 Å². The molecule has 0 saturated carbocycles. The molecule has 10 atom stereocenters. The molecule has 4 aliphatic rings. The maximum absolute atomic E-state index is 13.0. The lowest BCUT2D eigenvalue weighted by Gasteiger charge is -2.44. The van der Waals surface area contributed by atoms with Crippen LogP contribution in [0.25, 0.3) is 0 Å². The number of phenols is 1. The Hall–Kier alpha value is -3.30. The van der Waals surface area contributed by atoms with Gasteiger partial charge in [0.25, 0.3) is 0 Å². The molecule has 0 aromatic heterocycles. The highest BCUT2D eigenvalue weighted by Gasteiger charge is 2.60. The van der Waals surface area contributed by atoms with Crippen molar-refractivity contribution in [3.63, 3.8) is 0 Å². The molecule has 3 aliphatic heterocycles. The zero-order valence-corrected chi connectivity index (χ0v) is 20.6. The number of hydrogen-bond acceptors (Lipinski definition) is 13. The Bertz CT molecular complexity index is 1200. The molecule has 13 nitrogen and oxygen atoms in total. The van der Waals surface area contributed by atoms with Gasteiger partial charge in [-0.1, -0.05) is 18.2 Å². The molecule has 1 spiro atoms. The van der Waals surface area contributed by atoms with Crippen LogP contribution in [0.5, 0.6) is 5.75 Å². The van der Waals surface area contributed by atoms with E-state index in [0.717, 1.165) is 6.26 Å². The van der Waals surface area contributed by atoms with Crippen LogP contribution in [0.1, 0.15) is 11.7 Å². The van der Waals surface area contributed by atoms with Crippen LogP contribution in [-0.4, -0.2) is 98.9 Å². The lowest BCUT2D eigenvalue weighted by molar-refractivity contribution is -0.344. The predicted molar refractivity (Wildman–Crippen MR) is 126 cm³/mol. The van der Waals surface area contributed by atoms with Crippen molar-refractivity contribution < 1.29 is 63.9 Å². The number of aliphatic hydroxyl groups excluding tert-OH is 5. The van der Waals surface area contributed by atoms with Crippen LogP contribution < -0.4 is 0 Å². The number of rotatable bonds is 6. The SMILES string of the molecule is COC(=O)C1=CO[C@@H](OC2O[C@H](CO)[C@@H](O)[C@H](O)[C@H]2O)[C@H]2[C@@H]1C=C[C@@]21C=C(C(O)c2ccc(O)cc2)C(=O)O1. The van der Waals surface area contributed by atoms with E-state index in [0.29, 0.717) is 5.56 Å². The Morgan fingerprint density at radius 2 is 1.82 bits per heavy atom. The topological polar surface area (TPSA) is 202 Å². The summed E-state index contributed by atoms with van der Waals surface area (Å²) in [5.41, 5.74) is -1.27. The van der Waals surface area contributed by atoms with E-state index in [1.165, 1.54) is 43.5 Å². The molecule has 2 unspecified atom stereocenters. The maximum atomic E-state index is 13.0. The molecule has 1 fully saturated rings. The first-order valence-corrected chi connectivity index (χ1v) is 12.1. The van der Waals surface area contributed by atoms with Gasteiger partial charge in [0, 0.05) is 5.92 Å². The molecule has 1 aromatic rings. The molecule has 3 heterocycles. The van der Waals surface area contributed by atoms with Gasteiger partial charge in [0.05, 0.1) is 37.0 Å². The second-order valence-corrected chi connectivity index (χ2v) is 9.65. The Morgan fingerprint density at radius 1 is 1.10 bits per heavy atom. The van der Waals surface area contributed by atoms with Crippen LogP contribution in [0, 0.1) is 11.8 Å². The number of methoxy groups -OCH3 is 1. The molecule has 0 bridgehead atoms. The van der Waals surface area contributed by atoms with Crippen LogP contribution >= 0.6 is 0 Å². The van der Waals surface area contributed by atoms with Crippen LogP contribution in [0.2, 0.25) is 0 Å². The number of esters is 2. The average Bonchev–Trinajstić information content (AvgIpc) is 3.48. The van der Waals surface area contributed by atoms with Gasteiger partial charge in [0.2, 0.25) is 6.29 Å². The largest absolute Gasteiger partial charge is 0.508 e. The van der Waals surface area contributed by atoms with Crippen molar-refractivity contribution in [3.8, 4) is 5.75 Å². The Kier molecular flexibility index (Phi) is 7.24. The van der Waals surface area contributed by atoms with Crippen LogP contribution in [0.4, 0.5) is 0 Å². The minimum atomic E-state index is -1.74. The first kappa shape index (κ1) is 27.3. The highest BCUT2D eigenvalue weighted by atomic mass is 16.8. The van der Waals surface area contributed by atoms with Gasteiger partial charge in [0.15, 0.2) is 11.9 Å². The molecule has 13 heteroatoms. The van der Waals surface area contributed by atoms with E-state index in [1.807, 2.05) is 0 Å². The summed E-state index contributed by atoms with van der Waals surface area (Å²) in [4.78, 5) is 25.5. The molecule has 0 amide bonds. The van der Waals surface area contributed by atoms with Crippen LogP contribution in [0.15, 0.2) is 59.9 Å². The maximum Gasteiger partial charge on any atom is 0.338 e. The smallest absolute Gasteiger partial charge is 0.338 e. The molecule has 0 radical (unpaired) electrons. The summed E-state index contributed by atoms with van der Waals surface area (Å²) in [7, 11) is 1.19. The molecular weight excluding hydrogens is 520 g/mol. The zero-order valence-electron chi connectivity index (χ0n) is 20.6. The third-order valence-electron chi connectivity index (χ3n) is 7.38. The average molecular weight is 548 g/mol. The standard InChI is InChI=1S/C26H28O13/c1-35-22(33)15-10-36-24(38-25-21(32)20(31)19(30)16(9-27)37-25)17-13(15)6-7-26(17)8-14(23(34)39-26)18(29)11-2-4-12(28)5-3-11/h2-8,10,13,16-21,24-25,27-32H,9H2,1H3/t13-,16-,17-,18?,19-,20+,21-,24+,25?,26-/m1/s1. The van der Waals surface area contributed by atoms with E-state index in [4.69, 9.17) is 23.7 Å². The van der Waals surface area contributed by atoms with E-state index in [-0.39, 0.29) is 16.9 Å². The van der Waals surface area contributed by atoms with Gasteiger partial charge in [-0.3, -0.25) is 0 Å². The van der Waals surface area contributed by atoms with Crippen molar-refractivity contribution in [2.24, 2.45) is 11.8 Å². The predicted octanol–water partition coefficient (Wildman–Crippen LogP) is -1.32. The summed E-state index contributed by atoms with van der Waals surface area (Å²) in [6, 6.07) is 5.60. The Balaban J connectivity index is 1.49. The minimum Gasteiger partial charge on any atom is -0.508 e. The van der Waals surface area contributed by atoms with Crippen LogP contribution in [0.3, 0.4) is 0 Å². The second-order valence-electron chi connectivity index (χ2n) is 9.65. The van der Waals surface area contributed by atoms with Gasteiger partial charge in [-0.25, -0.2) is 9.59 Å². The summed E-state index contributed by atoms with van der Waals surface area (Å²) in [5, 5.41) is 60.7. The van der Waals surface area contributed by atoms with E-state index in [1.54, 1.807) is 6.08 Å². The van der Waals surface area contributed by atoms with Crippen molar-refractivity contribution in [2.75, 3.05) is 13.7 Å². The number of fused-ring (bicyclic) bond motifs is 2. The summed E-state index contributed by atoms with van der Waals surface area (Å²) in [6.45, 7) is -0.681. The number of carbonyl (C=O) groups is 2. The molecule has 1 aliphatic carbocycles. The minimum absolute atomic E-state index is 0.0263. The van der Waals surface area contributed by atoms with Gasteiger partial charge in [0.1, 0.15) is 36.3 Å². The lowest BCUT2D eigenvalue weighted by Crippen LogP contribution is -2.60. The summed E-state index contributed by atoms with van der Waals surface area (Å²) < 4.78 is 27.6. The Labute approximate surface area is 221 Å². The third-order valence-corrected chi connectivity index (χ3v) is 7.38. The van der Waals surface area contributed by atoms with Gasteiger partial charge in [-0.2, -0.15) is 0 Å². The number of aliphatic hydroxyl groups is 5. The summed E-state index contributed by atoms with van der Waals surface area (Å²) in [5.74, 6) is -3.34. The highest BCUT2D eigenvalue weighted by Crippen LogP contribution is 2.51. The van der Waals surface area contributed by atoms with E-state index >= 15 is 0 Å². The fourth-order valence-corrected chi connectivity index (χ4v) is 5.30. The number of aromatic hydroxyl groups is 1. The quantitative estimate of drug-likeness (QED) is 0.181. The number of phenolic OH excluding ortho intramolecular Hbond substituents is 1. The first-order chi connectivity index (χ1) is 18.6. The molecule has 1 saturated heterocycles. The van der Waals surface area contributed by atoms with Gasteiger partial charge >= 0.3 is 11.9 Å². The first-order valence-electron chi connectivity index (χ1n) is 12.1. The molecule has 39 heavy (non-hydrogen) atoms. The number of ether oxygens (including phenoxy) is 5. The molecule has 210 valence electrons. The fraction of sp³-hybridized carbons (Fsp3) is 0.462. The normalized spacial score (nSPS) is 37.9. The van der Waals surface area contributed by atoms with Crippen LogP contribution in [-0.2, 0) is 33.3 Å². The summed E-state index contributed by atoms with van der Waals surface area (Å²) in [6.07, 6.45) is -5.05. The lowest BCUT2D eigenvalue weighted by atomic mass is 9.78. The molecule has 1 aromatic carbocycles. The van der Waals surface area contributed by atoms with Gasteiger partial charge in [-0.05, 0) is 29.8 Å². The number of hydrogen-bond donors (Lipinski definition) is 6. The second kappa shape index (κ2) is 10.4. The Morgan fingerprint density at radius 3 is 2.49 bits per heavy atom. The van der Waals surface area contributed by atoms with Gasteiger partial charge < -0.3 is 54.3 Å². The third kappa shape index (κ3) is 4.61. The highest BCUT2D eigenvalue weighted by molar-refractivity contribution is 5.94. The zero-order chi connectivity index (χ0) is 28.1. The summed E-state index contributed by atoms with van der Waals surface area (Å²) >= 11 is 0. The number of allylic oxidation sites excluding steroid dienone is 1. The van der Waals surface area contributed by atoms with Crippen molar-refractivity contribution in [1.82, 2.24) is 0 Å². The van der Waals surface area contributed by atoms with Crippen molar-refractivity contribution in [3.05, 3.63) is 65.5 Å². The van der Waals surface area contributed by atoms with Crippen molar-refractivity contribution >= 4 is 11.9 Å². The van der Waals surface area contributed by atoms with Crippen molar-refractivity contribution in [2.45, 2.75) is 48.7 Å². The fourth-order valence-electron chi connectivity index (χ4n) is 5.30. The molecule has 5 rings (SSSR count). The van der Waals surface area contributed by atoms with Gasteiger partial charge in [-0.15, -0.1) is 0 Å². The number of carbonyl (C=O) groups excluding carboxylic acids is 2.